The van der Waals surface area contributed by atoms with Crippen LogP contribution in [0.5, 0.6) is 0 Å². The van der Waals surface area contributed by atoms with Gasteiger partial charge in [0.25, 0.3) is 5.91 Å². The Bertz CT molecular complexity index is 977. The van der Waals surface area contributed by atoms with Gasteiger partial charge in [-0.05, 0) is 38.0 Å². The molecule has 2 aromatic heterocycles. The summed E-state index contributed by atoms with van der Waals surface area (Å²) in [6.07, 6.45) is 3.72. The Morgan fingerprint density at radius 1 is 1.20 bits per heavy atom. The van der Waals surface area contributed by atoms with Gasteiger partial charge in [-0.25, -0.2) is 0 Å². The molecule has 1 N–H and O–H groups in total. The summed E-state index contributed by atoms with van der Waals surface area (Å²) < 4.78 is 0. The van der Waals surface area contributed by atoms with Crippen LogP contribution in [0.4, 0.5) is 0 Å². The fraction of sp³-hybridized carbons (Fsp3) is 0.250. The van der Waals surface area contributed by atoms with E-state index in [0.717, 1.165) is 23.9 Å². The predicted molar refractivity (Wildman–Crippen MR) is 96.4 cm³/mol. The van der Waals surface area contributed by atoms with Gasteiger partial charge in [0.15, 0.2) is 0 Å². The number of rotatable bonds is 4. The number of fused-ring (bicyclic) bond motifs is 1. The summed E-state index contributed by atoms with van der Waals surface area (Å²) in [6, 6.07) is 14.6. The van der Waals surface area contributed by atoms with Gasteiger partial charge in [0.2, 0.25) is 5.56 Å². The molecule has 0 spiro atoms. The second-order valence-electron chi connectivity index (χ2n) is 6.47. The van der Waals surface area contributed by atoms with Gasteiger partial charge in [0, 0.05) is 29.2 Å². The molecule has 126 valence electrons. The third-order valence-electron chi connectivity index (χ3n) is 4.69. The van der Waals surface area contributed by atoms with Crippen LogP contribution >= 0.6 is 0 Å². The Labute approximate surface area is 145 Å². The van der Waals surface area contributed by atoms with Crippen LogP contribution in [0.1, 0.15) is 41.9 Å². The van der Waals surface area contributed by atoms with Crippen molar-refractivity contribution in [3.8, 4) is 0 Å². The normalized spacial score (nSPS) is 15.1. The fourth-order valence-corrected chi connectivity index (χ4v) is 3.30. The highest BCUT2D eigenvalue weighted by Crippen LogP contribution is 2.35. The van der Waals surface area contributed by atoms with E-state index in [1.807, 2.05) is 54.3 Å². The van der Waals surface area contributed by atoms with E-state index in [4.69, 9.17) is 0 Å². The van der Waals surface area contributed by atoms with Crippen molar-refractivity contribution in [2.75, 3.05) is 0 Å². The molecule has 1 aliphatic carbocycles. The molecule has 1 saturated carbocycles. The van der Waals surface area contributed by atoms with Crippen molar-refractivity contribution >= 4 is 16.8 Å². The summed E-state index contributed by atoms with van der Waals surface area (Å²) in [5.74, 6) is -0.108. The molecule has 1 atom stereocenters. The van der Waals surface area contributed by atoms with Crippen LogP contribution in [-0.4, -0.2) is 26.8 Å². The van der Waals surface area contributed by atoms with E-state index in [-0.39, 0.29) is 23.6 Å². The zero-order valence-corrected chi connectivity index (χ0v) is 14.0. The van der Waals surface area contributed by atoms with Crippen LogP contribution in [-0.2, 0) is 0 Å². The summed E-state index contributed by atoms with van der Waals surface area (Å²) >= 11 is 0. The van der Waals surface area contributed by atoms with Crippen molar-refractivity contribution in [1.82, 2.24) is 14.9 Å². The molecule has 3 aromatic rings. The van der Waals surface area contributed by atoms with Gasteiger partial charge < -0.3 is 9.88 Å². The van der Waals surface area contributed by atoms with Crippen molar-refractivity contribution in [3.63, 3.8) is 0 Å². The standard InChI is InChI=1S/C20H19N3O2/c1-13(17-7-4-5-11-21-17)23(14-9-10-14)20(25)16-12-19(24)22-18-8-3-2-6-15(16)18/h2-8,11-14H,9-10H2,1H3,(H,22,24). The maximum atomic E-state index is 13.4. The highest BCUT2D eigenvalue weighted by Gasteiger charge is 2.37. The molecule has 5 nitrogen and oxygen atoms in total. The van der Waals surface area contributed by atoms with E-state index < -0.39 is 0 Å². The van der Waals surface area contributed by atoms with Crippen LogP contribution in [0.2, 0.25) is 0 Å². The van der Waals surface area contributed by atoms with E-state index in [2.05, 4.69) is 9.97 Å². The topological polar surface area (TPSA) is 66.1 Å². The average Bonchev–Trinajstić information content (AvgIpc) is 3.46. The number of benzene rings is 1. The molecule has 1 aromatic carbocycles. The molecule has 1 fully saturated rings. The van der Waals surface area contributed by atoms with E-state index in [1.165, 1.54) is 6.07 Å². The maximum Gasteiger partial charge on any atom is 0.255 e. The predicted octanol–water partition coefficient (Wildman–Crippen LogP) is 3.29. The van der Waals surface area contributed by atoms with Gasteiger partial charge in [-0.2, -0.15) is 0 Å². The SMILES string of the molecule is CC(c1ccccn1)N(C(=O)c1cc(=O)[nH]c2ccccc12)C1CC1. The lowest BCUT2D eigenvalue weighted by molar-refractivity contribution is 0.0672. The maximum absolute atomic E-state index is 13.4. The van der Waals surface area contributed by atoms with Crippen LogP contribution < -0.4 is 5.56 Å². The molecule has 0 radical (unpaired) electrons. The van der Waals surface area contributed by atoms with Crippen LogP contribution in [0.3, 0.4) is 0 Å². The number of hydrogen-bond acceptors (Lipinski definition) is 3. The second kappa shape index (κ2) is 6.16. The molecule has 1 amide bonds. The van der Waals surface area contributed by atoms with E-state index in [1.54, 1.807) is 6.20 Å². The highest BCUT2D eigenvalue weighted by atomic mass is 16.2. The molecular weight excluding hydrogens is 314 g/mol. The zero-order valence-electron chi connectivity index (χ0n) is 14.0. The highest BCUT2D eigenvalue weighted by molar-refractivity contribution is 6.06. The lowest BCUT2D eigenvalue weighted by Gasteiger charge is -2.29. The van der Waals surface area contributed by atoms with Crippen molar-refractivity contribution < 1.29 is 4.79 Å². The molecular formula is C20H19N3O2. The lowest BCUT2D eigenvalue weighted by atomic mass is 10.1. The number of nitrogens with one attached hydrogen (secondary N) is 1. The number of para-hydroxylation sites is 1. The van der Waals surface area contributed by atoms with Crippen LogP contribution in [0.15, 0.2) is 59.5 Å². The van der Waals surface area contributed by atoms with Gasteiger partial charge >= 0.3 is 0 Å². The van der Waals surface area contributed by atoms with Crippen molar-refractivity contribution in [1.29, 1.82) is 0 Å². The van der Waals surface area contributed by atoms with Gasteiger partial charge in [-0.15, -0.1) is 0 Å². The van der Waals surface area contributed by atoms with Gasteiger partial charge in [-0.3, -0.25) is 14.6 Å². The van der Waals surface area contributed by atoms with E-state index in [0.29, 0.717) is 11.1 Å². The Balaban J connectivity index is 1.79. The second-order valence-corrected chi connectivity index (χ2v) is 6.47. The Morgan fingerprint density at radius 3 is 2.68 bits per heavy atom. The Morgan fingerprint density at radius 2 is 1.96 bits per heavy atom. The summed E-state index contributed by atoms with van der Waals surface area (Å²) in [5, 5.41) is 0.769. The first-order valence-corrected chi connectivity index (χ1v) is 8.51. The molecule has 1 aliphatic rings. The van der Waals surface area contributed by atoms with Crippen molar-refractivity contribution in [3.05, 3.63) is 76.3 Å². The number of aromatic nitrogens is 2. The Hall–Kier alpha value is -2.95. The third kappa shape index (κ3) is 2.93. The monoisotopic (exact) mass is 333 g/mol. The minimum Gasteiger partial charge on any atom is -0.327 e. The first-order valence-electron chi connectivity index (χ1n) is 8.51. The molecule has 5 heteroatoms. The first kappa shape index (κ1) is 15.6. The molecule has 2 heterocycles. The van der Waals surface area contributed by atoms with Crippen molar-refractivity contribution in [2.24, 2.45) is 0 Å². The number of aromatic amines is 1. The smallest absolute Gasteiger partial charge is 0.255 e. The largest absolute Gasteiger partial charge is 0.327 e. The number of H-pyrrole nitrogens is 1. The van der Waals surface area contributed by atoms with Gasteiger partial charge in [0.05, 0.1) is 17.3 Å². The Kier molecular flexibility index (Phi) is 3.84. The van der Waals surface area contributed by atoms with Crippen LogP contribution in [0.25, 0.3) is 10.9 Å². The fourth-order valence-electron chi connectivity index (χ4n) is 3.30. The average molecular weight is 333 g/mol. The first-order chi connectivity index (χ1) is 12.1. The number of carbonyl (C=O) groups is 1. The summed E-state index contributed by atoms with van der Waals surface area (Å²) in [5.41, 5.74) is 1.73. The summed E-state index contributed by atoms with van der Waals surface area (Å²) in [7, 11) is 0. The number of hydrogen-bond donors (Lipinski definition) is 1. The third-order valence-corrected chi connectivity index (χ3v) is 4.69. The van der Waals surface area contributed by atoms with Gasteiger partial charge in [0.1, 0.15) is 0 Å². The molecule has 0 aliphatic heterocycles. The molecule has 0 bridgehead atoms. The van der Waals surface area contributed by atoms with Gasteiger partial charge in [-0.1, -0.05) is 24.3 Å². The minimum atomic E-state index is -0.261. The summed E-state index contributed by atoms with van der Waals surface area (Å²) in [4.78, 5) is 34.4. The van der Waals surface area contributed by atoms with E-state index in [9.17, 15) is 9.59 Å². The lowest BCUT2D eigenvalue weighted by Crippen LogP contribution is -2.36. The molecule has 25 heavy (non-hydrogen) atoms. The summed E-state index contributed by atoms with van der Waals surface area (Å²) in [6.45, 7) is 1.99. The van der Waals surface area contributed by atoms with Crippen molar-refractivity contribution in [2.45, 2.75) is 31.8 Å². The minimum absolute atomic E-state index is 0.108. The molecule has 4 rings (SSSR count). The number of nitrogens with zero attached hydrogens (tertiary/aromatic N) is 2. The molecule has 1 unspecified atom stereocenters. The number of carbonyl (C=O) groups excluding carboxylic acids is 1. The number of pyridine rings is 2. The van der Waals surface area contributed by atoms with Crippen LogP contribution in [0, 0.1) is 0 Å². The number of amides is 1. The zero-order chi connectivity index (χ0) is 17.4. The van der Waals surface area contributed by atoms with E-state index >= 15 is 0 Å². The molecule has 0 saturated heterocycles. The quantitative estimate of drug-likeness (QED) is 0.797.